The van der Waals surface area contributed by atoms with Gasteiger partial charge in [0.05, 0.1) is 16.1 Å². The SMILES string of the molecule is Cc1ncsc1-c1ccc(CNC2CC2)cc1. The van der Waals surface area contributed by atoms with Crippen LogP contribution in [-0.2, 0) is 6.54 Å². The third kappa shape index (κ3) is 2.56. The molecule has 1 fully saturated rings. The van der Waals surface area contributed by atoms with Crippen LogP contribution in [0.15, 0.2) is 29.8 Å². The Labute approximate surface area is 106 Å². The molecule has 3 heteroatoms. The van der Waals surface area contributed by atoms with Crippen LogP contribution in [0.2, 0.25) is 0 Å². The van der Waals surface area contributed by atoms with Gasteiger partial charge in [0.25, 0.3) is 0 Å². The topological polar surface area (TPSA) is 24.9 Å². The average Bonchev–Trinajstić information content (AvgIpc) is 3.09. The van der Waals surface area contributed by atoms with Crippen molar-refractivity contribution in [2.75, 3.05) is 0 Å². The molecule has 0 bridgehead atoms. The first-order valence-electron chi connectivity index (χ1n) is 6.06. The molecule has 0 saturated heterocycles. The quantitative estimate of drug-likeness (QED) is 0.892. The van der Waals surface area contributed by atoms with E-state index in [0.29, 0.717) is 0 Å². The van der Waals surface area contributed by atoms with Crippen LogP contribution in [0.3, 0.4) is 0 Å². The first kappa shape index (κ1) is 10.9. The standard InChI is InChI=1S/C14H16N2S/c1-10-14(17-9-16-10)12-4-2-11(3-5-12)8-15-13-6-7-13/h2-5,9,13,15H,6-8H2,1H3. The van der Waals surface area contributed by atoms with Crippen LogP contribution >= 0.6 is 11.3 Å². The molecular weight excluding hydrogens is 228 g/mol. The number of aryl methyl sites for hydroxylation is 1. The monoisotopic (exact) mass is 244 g/mol. The first-order chi connectivity index (χ1) is 8.33. The number of hydrogen-bond acceptors (Lipinski definition) is 3. The smallest absolute Gasteiger partial charge is 0.0801 e. The van der Waals surface area contributed by atoms with Gasteiger partial charge in [-0.1, -0.05) is 24.3 Å². The highest BCUT2D eigenvalue weighted by Gasteiger charge is 2.19. The summed E-state index contributed by atoms with van der Waals surface area (Å²) in [4.78, 5) is 5.57. The van der Waals surface area contributed by atoms with E-state index in [4.69, 9.17) is 0 Å². The molecule has 1 N–H and O–H groups in total. The molecule has 88 valence electrons. The third-order valence-electron chi connectivity index (χ3n) is 3.13. The number of aromatic nitrogens is 1. The van der Waals surface area contributed by atoms with Crippen molar-refractivity contribution in [3.8, 4) is 10.4 Å². The molecule has 1 heterocycles. The predicted octanol–water partition coefficient (Wildman–Crippen LogP) is 3.37. The van der Waals surface area contributed by atoms with Gasteiger partial charge in [-0.2, -0.15) is 0 Å². The fraction of sp³-hybridized carbons (Fsp3) is 0.357. The van der Waals surface area contributed by atoms with E-state index in [-0.39, 0.29) is 0 Å². The molecule has 1 aromatic carbocycles. The molecule has 0 unspecified atom stereocenters. The molecule has 0 aliphatic heterocycles. The first-order valence-corrected chi connectivity index (χ1v) is 6.93. The Morgan fingerprint density at radius 2 is 2.06 bits per heavy atom. The molecule has 2 nitrogen and oxygen atoms in total. The summed E-state index contributed by atoms with van der Waals surface area (Å²) < 4.78 is 0. The summed E-state index contributed by atoms with van der Waals surface area (Å²) in [5.74, 6) is 0. The van der Waals surface area contributed by atoms with Crippen molar-refractivity contribution in [3.63, 3.8) is 0 Å². The summed E-state index contributed by atoms with van der Waals surface area (Å²) in [6.07, 6.45) is 2.69. The van der Waals surface area contributed by atoms with E-state index >= 15 is 0 Å². The van der Waals surface area contributed by atoms with E-state index in [9.17, 15) is 0 Å². The number of nitrogens with zero attached hydrogens (tertiary/aromatic N) is 1. The Hall–Kier alpha value is -1.19. The minimum atomic E-state index is 0.776. The summed E-state index contributed by atoms with van der Waals surface area (Å²) in [5.41, 5.74) is 5.68. The normalized spacial score (nSPS) is 15.1. The summed E-state index contributed by atoms with van der Waals surface area (Å²) >= 11 is 1.71. The van der Waals surface area contributed by atoms with E-state index in [1.165, 1.54) is 28.8 Å². The van der Waals surface area contributed by atoms with Crippen molar-refractivity contribution in [3.05, 3.63) is 41.0 Å². The number of nitrogens with one attached hydrogen (secondary N) is 1. The van der Waals surface area contributed by atoms with Crippen LogP contribution in [0, 0.1) is 6.92 Å². The molecule has 2 aromatic rings. The molecule has 3 rings (SSSR count). The third-order valence-corrected chi connectivity index (χ3v) is 4.11. The zero-order valence-corrected chi connectivity index (χ0v) is 10.8. The lowest BCUT2D eigenvalue weighted by Crippen LogP contribution is -2.14. The Morgan fingerprint density at radius 3 is 2.65 bits per heavy atom. The highest BCUT2D eigenvalue weighted by atomic mass is 32.1. The maximum atomic E-state index is 4.29. The zero-order valence-electron chi connectivity index (χ0n) is 9.94. The van der Waals surface area contributed by atoms with Gasteiger partial charge in [0.2, 0.25) is 0 Å². The van der Waals surface area contributed by atoms with Crippen LogP contribution in [-0.4, -0.2) is 11.0 Å². The van der Waals surface area contributed by atoms with Gasteiger partial charge >= 0.3 is 0 Å². The summed E-state index contributed by atoms with van der Waals surface area (Å²) in [7, 11) is 0. The van der Waals surface area contributed by atoms with E-state index < -0.39 is 0 Å². The van der Waals surface area contributed by atoms with E-state index in [0.717, 1.165) is 18.3 Å². The number of rotatable bonds is 4. The maximum Gasteiger partial charge on any atom is 0.0801 e. The molecule has 1 aliphatic carbocycles. The number of hydrogen-bond donors (Lipinski definition) is 1. The van der Waals surface area contributed by atoms with Crippen LogP contribution in [0.5, 0.6) is 0 Å². The lowest BCUT2D eigenvalue weighted by Gasteiger charge is -2.04. The van der Waals surface area contributed by atoms with E-state index in [2.05, 4.69) is 41.5 Å². The van der Waals surface area contributed by atoms with Crippen LogP contribution < -0.4 is 5.32 Å². The van der Waals surface area contributed by atoms with Gasteiger partial charge in [-0.3, -0.25) is 0 Å². The minimum absolute atomic E-state index is 0.776. The average molecular weight is 244 g/mol. The van der Waals surface area contributed by atoms with Crippen LogP contribution in [0.1, 0.15) is 24.1 Å². The highest BCUT2D eigenvalue weighted by Crippen LogP contribution is 2.27. The van der Waals surface area contributed by atoms with Gasteiger partial charge in [0.15, 0.2) is 0 Å². The Morgan fingerprint density at radius 1 is 1.29 bits per heavy atom. The minimum Gasteiger partial charge on any atom is -0.310 e. The van der Waals surface area contributed by atoms with Crippen molar-refractivity contribution in [2.45, 2.75) is 32.4 Å². The second-order valence-electron chi connectivity index (χ2n) is 4.62. The fourth-order valence-corrected chi connectivity index (χ4v) is 2.71. The van der Waals surface area contributed by atoms with Gasteiger partial charge < -0.3 is 5.32 Å². The second kappa shape index (κ2) is 4.59. The lowest BCUT2D eigenvalue weighted by molar-refractivity contribution is 0.688. The lowest BCUT2D eigenvalue weighted by atomic mass is 10.1. The Balaban J connectivity index is 1.72. The fourth-order valence-electron chi connectivity index (χ4n) is 1.90. The molecule has 0 atom stereocenters. The van der Waals surface area contributed by atoms with Crippen molar-refractivity contribution in [1.29, 1.82) is 0 Å². The number of benzene rings is 1. The summed E-state index contributed by atoms with van der Waals surface area (Å²) in [6, 6.07) is 9.60. The van der Waals surface area contributed by atoms with Gasteiger partial charge in [0.1, 0.15) is 0 Å². The van der Waals surface area contributed by atoms with Gasteiger partial charge in [0, 0.05) is 12.6 Å². The van der Waals surface area contributed by atoms with Crippen LogP contribution in [0.4, 0.5) is 0 Å². The van der Waals surface area contributed by atoms with Crippen LogP contribution in [0.25, 0.3) is 10.4 Å². The maximum absolute atomic E-state index is 4.29. The molecule has 1 aromatic heterocycles. The summed E-state index contributed by atoms with van der Waals surface area (Å²) in [6.45, 7) is 3.06. The number of thiazole rings is 1. The highest BCUT2D eigenvalue weighted by molar-refractivity contribution is 7.13. The Bertz CT molecular complexity index is 497. The van der Waals surface area contributed by atoms with Crippen molar-refractivity contribution >= 4 is 11.3 Å². The second-order valence-corrected chi connectivity index (χ2v) is 5.47. The molecule has 0 amide bonds. The molecule has 0 spiro atoms. The molecule has 0 radical (unpaired) electrons. The van der Waals surface area contributed by atoms with E-state index in [1.54, 1.807) is 11.3 Å². The van der Waals surface area contributed by atoms with Gasteiger partial charge in [-0.15, -0.1) is 11.3 Å². The van der Waals surface area contributed by atoms with Gasteiger partial charge in [-0.05, 0) is 30.9 Å². The molecule has 1 aliphatic rings. The molecular formula is C14H16N2S. The predicted molar refractivity (Wildman–Crippen MR) is 72.1 cm³/mol. The summed E-state index contributed by atoms with van der Waals surface area (Å²) in [5, 5.41) is 3.53. The van der Waals surface area contributed by atoms with E-state index in [1.807, 2.05) is 5.51 Å². The largest absolute Gasteiger partial charge is 0.310 e. The van der Waals surface area contributed by atoms with Crippen molar-refractivity contribution < 1.29 is 0 Å². The zero-order chi connectivity index (χ0) is 11.7. The van der Waals surface area contributed by atoms with Crippen molar-refractivity contribution in [2.24, 2.45) is 0 Å². The van der Waals surface area contributed by atoms with Gasteiger partial charge in [-0.25, -0.2) is 4.98 Å². The van der Waals surface area contributed by atoms with Crippen molar-refractivity contribution in [1.82, 2.24) is 10.3 Å². The molecule has 17 heavy (non-hydrogen) atoms. The Kier molecular flexibility index (Phi) is 2.95. The molecule has 1 saturated carbocycles.